The zero-order chi connectivity index (χ0) is 17.4. The Kier molecular flexibility index (Phi) is 6.63. The van der Waals surface area contributed by atoms with Crippen molar-refractivity contribution in [2.24, 2.45) is 5.73 Å². The largest absolute Gasteiger partial charge is 0.494 e. The molecule has 0 spiro atoms. The predicted octanol–water partition coefficient (Wildman–Crippen LogP) is 2.91. The van der Waals surface area contributed by atoms with Gasteiger partial charge in [-0.25, -0.2) is 0 Å². The zero-order valence-corrected chi connectivity index (χ0v) is 13.9. The van der Waals surface area contributed by atoms with E-state index in [1.54, 1.807) is 48.5 Å². The summed E-state index contributed by atoms with van der Waals surface area (Å²) in [5.74, 6) is 0.217. The number of nitrogens with two attached hydrogens (primary N) is 1. The number of halogens is 1. The third kappa shape index (κ3) is 5.93. The number of carbonyl (C=O) groups excluding carboxylic acids is 2. The highest BCUT2D eigenvalue weighted by molar-refractivity contribution is 6.30. The molecule has 0 fully saturated rings. The van der Waals surface area contributed by atoms with Crippen molar-refractivity contribution in [3.63, 3.8) is 0 Å². The van der Waals surface area contributed by atoms with E-state index in [-0.39, 0.29) is 5.91 Å². The first-order valence-electron chi connectivity index (χ1n) is 7.58. The number of hydrogen-bond acceptors (Lipinski definition) is 3. The molecule has 0 aliphatic heterocycles. The number of amides is 2. The Bertz CT molecular complexity index is 684. The van der Waals surface area contributed by atoms with Crippen LogP contribution >= 0.6 is 11.6 Å². The quantitative estimate of drug-likeness (QED) is 0.721. The van der Waals surface area contributed by atoms with E-state index in [0.29, 0.717) is 36.6 Å². The molecule has 24 heavy (non-hydrogen) atoms. The molecular formula is C18H19ClN2O3. The second-order valence-electron chi connectivity index (χ2n) is 5.24. The number of hydrogen-bond donors (Lipinski definition) is 2. The minimum Gasteiger partial charge on any atom is -0.494 e. The summed E-state index contributed by atoms with van der Waals surface area (Å²) in [6, 6.07) is 13.9. The first-order chi connectivity index (χ1) is 11.5. The van der Waals surface area contributed by atoms with Gasteiger partial charge in [0.05, 0.1) is 6.61 Å². The Morgan fingerprint density at radius 2 is 1.71 bits per heavy atom. The number of primary amides is 1. The second-order valence-corrected chi connectivity index (χ2v) is 5.68. The molecule has 0 heterocycles. The monoisotopic (exact) mass is 346 g/mol. The highest BCUT2D eigenvalue weighted by Gasteiger charge is 2.03. The maximum Gasteiger partial charge on any atom is 0.248 e. The van der Waals surface area contributed by atoms with E-state index >= 15 is 0 Å². The average molecular weight is 347 g/mol. The molecular weight excluding hydrogens is 328 g/mol. The van der Waals surface area contributed by atoms with Gasteiger partial charge in [-0.15, -0.1) is 0 Å². The first kappa shape index (κ1) is 17.8. The lowest BCUT2D eigenvalue weighted by atomic mass is 10.1. The smallest absolute Gasteiger partial charge is 0.248 e. The van der Waals surface area contributed by atoms with Gasteiger partial charge in [0.2, 0.25) is 11.8 Å². The molecule has 3 N–H and O–H groups in total. The molecule has 6 heteroatoms. The summed E-state index contributed by atoms with van der Waals surface area (Å²) in [4.78, 5) is 22.8. The van der Waals surface area contributed by atoms with Crippen molar-refractivity contribution in [1.82, 2.24) is 5.32 Å². The SMILES string of the molecule is NC(=O)c1ccc(CNC(=O)CCCOc2ccc(Cl)cc2)cc1. The van der Waals surface area contributed by atoms with Crippen LogP contribution in [0, 0.1) is 0 Å². The van der Waals surface area contributed by atoms with Crippen LogP contribution in [0.2, 0.25) is 5.02 Å². The van der Waals surface area contributed by atoms with Gasteiger partial charge in [0, 0.05) is 23.6 Å². The van der Waals surface area contributed by atoms with Crippen molar-refractivity contribution in [2.45, 2.75) is 19.4 Å². The molecule has 0 aliphatic rings. The lowest BCUT2D eigenvalue weighted by Gasteiger charge is -2.07. The fourth-order valence-electron chi connectivity index (χ4n) is 2.03. The lowest BCUT2D eigenvalue weighted by molar-refractivity contribution is -0.121. The maximum atomic E-state index is 11.8. The molecule has 0 bridgehead atoms. The van der Waals surface area contributed by atoms with E-state index in [9.17, 15) is 9.59 Å². The molecule has 0 atom stereocenters. The molecule has 0 aliphatic carbocycles. The van der Waals surface area contributed by atoms with Crippen molar-refractivity contribution >= 4 is 23.4 Å². The Morgan fingerprint density at radius 3 is 2.33 bits per heavy atom. The van der Waals surface area contributed by atoms with E-state index in [4.69, 9.17) is 22.1 Å². The van der Waals surface area contributed by atoms with Crippen LogP contribution in [0.3, 0.4) is 0 Å². The average Bonchev–Trinajstić information content (AvgIpc) is 2.59. The van der Waals surface area contributed by atoms with Crippen LogP contribution in [-0.2, 0) is 11.3 Å². The summed E-state index contributed by atoms with van der Waals surface area (Å²) < 4.78 is 5.53. The number of benzene rings is 2. The van der Waals surface area contributed by atoms with E-state index in [1.165, 1.54) is 0 Å². The van der Waals surface area contributed by atoms with Gasteiger partial charge in [0.1, 0.15) is 5.75 Å². The van der Waals surface area contributed by atoms with Crippen LogP contribution in [-0.4, -0.2) is 18.4 Å². The summed E-state index contributed by atoms with van der Waals surface area (Å²) in [7, 11) is 0. The molecule has 0 aromatic heterocycles. The number of nitrogens with one attached hydrogen (secondary N) is 1. The zero-order valence-electron chi connectivity index (χ0n) is 13.1. The molecule has 0 radical (unpaired) electrons. The van der Waals surface area contributed by atoms with Gasteiger partial charge in [-0.1, -0.05) is 23.7 Å². The number of rotatable bonds is 8. The topological polar surface area (TPSA) is 81.4 Å². The van der Waals surface area contributed by atoms with E-state index in [0.717, 1.165) is 11.3 Å². The summed E-state index contributed by atoms with van der Waals surface area (Å²) in [5, 5.41) is 3.48. The van der Waals surface area contributed by atoms with Gasteiger partial charge in [0.25, 0.3) is 0 Å². The molecule has 2 aromatic carbocycles. The van der Waals surface area contributed by atoms with Crippen LogP contribution in [0.15, 0.2) is 48.5 Å². The Labute approximate surface area is 145 Å². The Balaban J connectivity index is 1.64. The predicted molar refractivity (Wildman–Crippen MR) is 93.0 cm³/mol. The van der Waals surface area contributed by atoms with Crippen molar-refractivity contribution in [3.8, 4) is 5.75 Å². The summed E-state index contributed by atoms with van der Waals surface area (Å²) >= 11 is 5.79. The van der Waals surface area contributed by atoms with Gasteiger partial charge in [-0.3, -0.25) is 9.59 Å². The maximum absolute atomic E-state index is 11.8. The molecule has 0 unspecified atom stereocenters. The summed E-state index contributed by atoms with van der Waals surface area (Å²) in [5.41, 5.74) is 6.53. The van der Waals surface area contributed by atoms with E-state index < -0.39 is 5.91 Å². The summed E-state index contributed by atoms with van der Waals surface area (Å²) in [6.45, 7) is 0.873. The third-order valence-corrected chi connectivity index (χ3v) is 3.61. The van der Waals surface area contributed by atoms with Crippen molar-refractivity contribution < 1.29 is 14.3 Å². The molecule has 0 saturated carbocycles. The molecule has 2 aromatic rings. The molecule has 2 rings (SSSR count). The van der Waals surface area contributed by atoms with Gasteiger partial charge in [-0.05, 0) is 48.4 Å². The fraction of sp³-hybridized carbons (Fsp3) is 0.222. The number of carbonyl (C=O) groups is 2. The van der Waals surface area contributed by atoms with Crippen LogP contribution in [0.25, 0.3) is 0 Å². The Hall–Kier alpha value is -2.53. The molecule has 5 nitrogen and oxygen atoms in total. The van der Waals surface area contributed by atoms with Gasteiger partial charge in [-0.2, -0.15) is 0 Å². The van der Waals surface area contributed by atoms with E-state index in [1.807, 2.05) is 0 Å². The number of ether oxygens (including phenoxy) is 1. The summed E-state index contributed by atoms with van der Waals surface area (Å²) in [6.07, 6.45) is 1.00. The van der Waals surface area contributed by atoms with Crippen LogP contribution in [0.1, 0.15) is 28.8 Å². The van der Waals surface area contributed by atoms with Crippen molar-refractivity contribution in [3.05, 3.63) is 64.7 Å². The van der Waals surface area contributed by atoms with Crippen molar-refractivity contribution in [2.75, 3.05) is 6.61 Å². The molecule has 2 amide bonds. The minimum absolute atomic E-state index is 0.0475. The third-order valence-electron chi connectivity index (χ3n) is 3.36. The van der Waals surface area contributed by atoms with Crippen molar-refractivity contribution in [1.29, 1.82) is 0 Å². The first-order valence-corrected chi connectivity index (χ1v) is 7.96. The second kappa shape index (κ2) is 8.93. The normalized spacial score (nSPS) is 10.2. The van der Waals surface area contributed by atoms with E-state index in [2.05, 4.69) is 5.32 Å². The lowest BCUT2D eigenvalue weighted by Crippen LogP contribution is -2.23. The molecule has 126 valence electrons. The van der Waals surface area contributed by atoms with Gasteiger partial charge < -0.3 is 15.8 Å². The van der Waals surface area contributed by atoms with Crippen LogP contribution in [0.4, 0.5) is 0 Å². The molecule has 0 saturated heterocycles. The van der Waals surface area contributed by atoms with Gasteiger partial charge >= 0.3 is 0 Å². The highest BCUT2D eigenvalue weighted by Crippen LogP contribution is 2.15. The van der Waals surface area contributed by atoms with Gasteiger partial charge in [0.15, 0.2) is 0 Å². The minimum atomic E-state index is -0.466. The van der Waals surface area contributed by atoms with Crippen LogP contribution in [0.5, 0.6) is 5.75 Å². The van der Waals surface area contributed by atoms with Crippen LogP contribution < -0.4 is 15.8 Å². The standard InChI is InChI=1S/C18H19ClN2O3/c19-15-7-9-16(10-8-15)24-11-1-2-17(22)21-12-13-3-5-14(6-4-13)18(20)23/h3-10H,1-2,11-12H2,(H2,20,23)(H,21,22). The Morgan fingerprint density at radius 1 is 1.04 bits per heavy atom. The highest BCUT2D eigenvalue weighted by atomic mass is 35.5. The fourth-order valence-corrected chi connectivity index (χ4v) is 2.16.